The fourth-order valence-electron chi connectivity index (χ4n) is 2.48. The Morgan fingerprint density at radius 2 is 1.80 bits per heavy atom. The van der Waals surface area contributed by atoms with Gasteiger partial charge >= 0.3 is 6.09 Å². The molecule has 0 aliphatic carbocycles. The number of carbonyl (C=O) groups excluding carboxylic acids is 1. The number of phenolic OH excluding ortho intramolecular Hbond substituents is 1. The minimum absolute atomic E-state index is 0.184. The second-order valence-corrected chi connectivity index (χ2v) is 5.55. The summed E-state index contributed by atoms with van der Waals surface area (Å²) >= 11 is 0. The number of benzene rings is 2. The predicted octanol–water partition coefficient (Wildman–Crippen LogP) is 4.76. The van der Waals surface area contributed by atoms with Gasteiger partial charge in [0.15, 0.2) is 0 Å². The van der Waals surface area contributed by atoms with Crippen LogP contribution in [0.5, 0.6) is 5.75 Å². The standard InChI is InChI=1S/C20H18N2O3/c1-14(15-5-3-2-4-6-15)25-20(24)22-19-13-21-12-11-18(19)16-7-9-17(23)10-8-16/h2-14,23H,1H3,(H,22,24). The van der Waals surface area contributed by atoms with Crippen LogP contribution in [-0.2, 0) is 4.74 Å². The van der Waals surface area contributed by atoms with E-state index in [1.54, 1.807) is 42.7 Å². The molecule has 5 nitrogen and oxygen atoms in total. The van der Waals surface area contributed by atoms with E-state index >= 15 is 0 Å². The summed E-state index contributed by atoms with van der Waals surface area (Å²) in [5.41, 5.74) is 3.10. The van der Waals surface area contributed by atoms with Crippen molar-refractivity contribution in [2.24, 2.45) is 0 Å². The summed E-state index contributed by atoms with van der Waals surface area (Å²) in [5.74, 6) is 0.184. The predicted molar refractivity (Wildman–Crippen MR) is 96.3 cm³/mol. The van der Waals surface area contributed by atoms with Crippen molar-refractivity contribution >= 4 is 11.8 Å². The summed E-state index contributed by atoms with van der Waals surface area (Å²) in [4.78, 5) is 16.3. The summed E-state index contributed by atoms with van der Waals surface area (Å²) in [5, 5.41) is 12.2. The molecule has 2 aromatic carbocycles. The van der Waals surface area contributed by atoms with Gasteiger partial charge in [-0.3, -0.25) is 10.3 Å². The summed E-state index contributed by atoms with van der Waals surface area (Å²) in [7, 11) is 0. The molecule has 2 N–H and O–H groups in total. The van der Waals surface area contributed by atoms with Crippen LogP contribution < -0.4 is 5.32 Å². The van der Waals surface area contributed by atoms with Crippen LogP contribution in [0.3, 0.4) is 0 Å². The number of aromatic nitrogens is 1. The van der Waals surface area contributed by atoms with E-state index < -0.39 is 6.09 Å². The fraction of sp³-hybridized carbons (Fsp3) is 0.100. The number of nitrogens with zero attached hydrogens (tertiary/aromatic N) is 1. The van der Waals surface area contributed by atoms with E-state index in [1.807, 2.05) is 37.3 Å². The maximum Gasteiger partial charge on any atom is 0.412 e. The van der Waals surface area contributed by atoms with Crippen molar-refractivity contribution in [3.8, 4) is 16.9 Å². The molecular formula is C20H18N2O3. The normalized spacial score (nSPS) is 11.6. The zero-order valence-electron chi connectivity index (χ0n) is 13.7. The third-order valence-corrected chi connectivity index (χ3v) is 3.79. The lowest BCUT2D eigenvalue weighted by Gasteiger charge is -2.15. The maximum atomic E-state index is 12.2. The van der Waals surface area contributed by atoms with Crippen molar-refractivity contribution < 1.29 is 14.6 Å². The Balaban J connectivity index is 1.74. The van der Waals surface area contributed by atoms with Gasteiger partial charge in [-0.05, 0) is 36.2 Å². The van der Waals surface area contributed by atoms with E-state index in [4.69, 9.17) is 4.74 Å². The first-order valence-electron chi connectivity index (χ1n) is 7.89. The van der Waals surface area contributed by atoms with E-state index in [-0.39, 0.29) is 11.9 Å². The number of amides is 1. The van der Waals surface area contributed by atoms with Crippen LogP contribution in [0.1, 0.15) is 18.6 Å². The molecule has 25 heavy (non-hydrogen) atoms. The summed E-state index contributed by atoms with van der Waals surface area (Å²) < 4.78 is 5.43. The highest BCUT2D eigenvalue weighted by Crippen LogP contribution is 2.28. The largest absolute Gasteiger partial charge is 0.508 e. The van der Waals surface area contributed by atoms with Crippen molar-refractivity contribution in [3.05, 3.63) is 78.6 Å². The second-order valence-electron chi connectivity index (χ2n) is 5.55. The number of carbonyl (C=O) groups is 1. The Morgan fingerprint density at radius 1 is 1.08 bits per heavy atom. The van der Waals surface area contributed by atoms with Gasteiger partial charge in [0.05, 0.1) is 11.9 Å². The fourth-order valence-corrected chi connectivity index (χ4v) is 2.48. The van der Waals surface area contributed by atoms with Gasteiger partial charge in [0.25, 0.3) is 0 Å². The van der Waals surface area contributed by atoms with Crippen LogP contribution in [0.25, 0.3) is 11.1 Å². The van der Waals surface area contributed by atoms with Crippen LogP contribution in [0.2, 0.25) is 0 Å². The van der Waals surface area contributed by atoms with E-state index in [0.717, 1.165) is 16.7 Å². The Morgan fingerprint density at radius 3 is 2.52 bits per heavy atom. The molecule has 3 aromatic rings. The lowest BCUT2D eigenvalue weighted by molar-refractivity contribution is 0.121. The summed E-state index contributed by atoms with van der Waals surface area (Å²) in [6.45, 7) is 1.82. The van der Waals surface area contributed by atoms with E-state index in [1.165, 1.54) is 0 Å². The number of anilines is 1. The maximum absolute atomic E-state index is 12.2. The number of phenols is 1. The highest BCUT2D eigenvalue weighted by atomic mass is 16.6. The molecule has 3 rings (SSSR count). The minimum Gasteiger partial charge on any atom is -0.508 e. The molecule has 0 radical (unpaired) electrons. The minimum atomic E-state index is -0.551. The van der Waals surface area contributed by atoms with Crippen LogP contribution in [0.4, 0.5) is 10.5 Å². The van der Waals surface area contributed by atoms with Gasteiger partial charge in [0.1, 0.15) is 11.9 Å². The Labute approximate surface area is 145 Å². The molecule has 1 amide bonds. The zero-order chi connectivity index (χ0) is 17.6. The highest BCUT2D eigenvalue weighted by Gasteiger charge is 2.14. The monoisotopic (exact) mass is 334 g/mol. The Hall–Kier alpha value is -3.34. The lowest BCUT2D eigenvalue weighted by Crippen LogP contribution is -2.16. The molecule has 1 atom stereocenters. The van der Waals surface area contributed by atoms with Gasteiger partial charge in [-0.2, -0.15) is 0 Å². The quantitative estimate of drug-likeness (QED) is 0.721. The van der Waals surface area contributed by atoms with E-state index in [0.29, 0.717) is 5.69 Å². The zero-order valence-corrected chi connectivity index (χ0v) is 13.7. The van der Waals surface area contributed by atoms with Gasteiger partial charge in [-0.15, -0.1) is 0 Å². The second kappa shape index (κ2) is 7.49. The number of hydrogen-bond donors (Lipinski definition) is 2. The topological polar surface area (TPSA) is 71.5 Å². The van der Waals surface area contributed by atoms with Gasteiger partial charge in [0, 0.05) is 11.8 Å². The average Bonchev–Trinajstić information content (AvgIpc) is 2.63. The average molecular weight is 334 g/mol. The van der Waals surface area contributed by atoms with Gasteiger partial charge in [-0.1, -0.05) is 42.5 Å². The first kappa shape index (κ1) is 16.5. The number of nitrogens with one attached hydrogen (secondary N) is 1. The number of hydrogen-bond acceptors (Lipinski definition) is 4. The third-order valence-electron chi connectivity index (χ3n) is 3.79. The van der Waals surface area contributed by atoms with Crippen molar-refractivity contribution in [2.75, 3.05) is 5.32 Å². The highest BCUT2D eigenvalue weighted by molar-refractivity contribution is 5.91. The molecule has 0 saturated carbocycles. The number of ether oxygens (including phenoxy) is 1. The van der Waals surface area contributed by atoms with Gasteiger partial charge in [0.2, 0.25) is 0 Å². The van der Waals surface area contributed by atoms with Crippen molar-refractivity contribution in [3.63, 3.8) is 0 Å². The molecular weight excluding hydrogens is 316 g/mol. The molecule has 0 spiro atoms. The SMILES string of the molecule is CC(OC(=O)Nc1cnccc1-c1ccc(O)cc1)c1ccccc1. The van der Waals surface area contributed by atoms with Crippen LogP contribution in [-0.4, -0.2) is 16.2 Å². The number of aromatic hydroxyl groups is 1. The first-order chi connectivity index (χ1) is 12.1. The Kier molecular flexibility index (Phi) is 4.95. The third kappa shape index (κ3) is 4.14. The van der Waals surface area contributed by atoms with Gasteiger partial charge in [-0.25, -0.2) is 4.79 Å². The molecule has 126 valence electrons. The van der Waals surface area contributed by atoms with Crippen LogP contribution in [0.15, 0.2) is 73.1 Å². The van der Waals surface area contributed by atoms with Gasteiger partial charge < -0.3 is 9.84 Å². The van der Waals surface area contributed by atoms with Crippen LogP contribution >= 0.6 is 0 Å². The van der Waals surface area contributed by atoms with Crippen molar-refractivity contribution in [2.45, 2.75) is 13.0 Å². The molecule has 0 saturated heterocycles. The van der Waals surface area contributed by atoms with Crippen molar-refractivity contribution in [1.29, 1.82) is 0 Å². The first-order valence-corrected chi connectivity index (χ1v) is 7.89. The summed E-state index contributed by atoms with van der Waals surface area (Å²) in [6, 6.07) is 18.0. The number of rotatable bonds is 4. The molecule has 1 aromatic heterocycles. The molecule has 0 aliphatic heterocycles. The smallest absolute Gasteiger partial charge is 0.412 e. The molecule has 0 fully saturated rings. The summed E-state index contributed by atoms with van der Waals surface area (Å²) in [6.07, 6.45) is 2.29. The molecule has 1 heterocycles. The molecule has 0 aliphatic rings. The lowest BCUT2D eigenvalue weighted by atomic mass is 10.1. The van der Waals surface area contributed by atoms with Crippen LogP contribution in [0, 0.1) is 0 Å². The molecule has 0 bridgehead atoms. The molecule has 5 heteroatoms. The van der Waals surface area contributed by atoms with Crippen molar-refractivity contribution in [1.82, 2.24) is 4.98 Å². The Bertz CT molecular complexity index is 848. The molecule has 1 unspecified atom stereocenters. The van der Waals surface area contributed by atoms with E-state index in [2.05, 4.69) is 10.3 Å². The number of pyridine rings is 1. The van der Waals surface area contributed by atoms with E-state index in [9.17, 15) is 9.90 Å².